The molecule has 23 heavy (non-hydrogen) atoms. The van der Waals surface area contributed by atoms with Crippen molar-refractivity contribution in [2.75, 3.05) is 13.2 Å². The van der Waals surface area contributed by atoms with Crippen LogP contribution in [0.2, 0.25) is 0 Å². The van der Waals surface area contributed by atoms with Crippen LogP contribution in [0.3, 0.4) is 0 Å². The minimum Gasteiger partial charge on any atom is -0.494 e. The second kappa shape index (κ2) is 8.93. The third-order valence-corrected chi connectivity index (χ3v) is 3.52. The molecular formula is C19H22FNO2. The summed E-state index contributed by atoms with van der Waals surface area (Å²) >= 11 is 0. The highest BCUT2D eigenvalue weighted by Crippen LogP contribution is 2.13. The first-order valence-corrected chi connectivity index (χ1v) is 7.95. The highest BCUT2D eigenvalue weighted by atomic mass is 19.1. The molecule has 0 bridgehead atoms. The van der Waals surface area contributed by atoms with Gasteiger partial charge in [0.15, 0.2) is 0 Å². The van der Waals surface area contributed by atoms with E-state index in [-0.39, 0.29) is 11.7 Å². The van der Waals surface area contributed by atoms with Crippen LogP contribution in [0.5, 0.6) is 5.75 Å². The Morgan fingerprint density at radius 1 is 1.13 bits per heavy atom. The van der Waals surface area contributed by atoms with Gasteiger partial charge in [-0.15, -0.1) is 0 Å². The van der Waals surface area contributed by atoms with E-state index in [2.05, 4.69) is 12.2 Å². The summed E-state index contributed by atoms with van der Waals surface area (Å²) in [5, 5.41) is 2.80. The third-order valence-electron chi connectivity index (χ3n) is 3.52. The lowest BCUT2D eigenvalue weighted by Crippen LogP contribution is -2.25. The van der Waals surface area contributed by atoms with Crippen LogP contribution in [-0.2, 0) is 6.42 Å². The Hall–Kier alpha value is -2.36. The Morgan fingerprint density at radius 2 is 1.87 bits per heavy atom. The zero-order valence-corrected chi connectivity index (χ0v) is 13.3. The third kappa shape index (κ3) is 5.40. The SMILES string of the molecule is CCCCOc1ccc(C(=O)NCCc2ccccc2F)cc1. The van der Waals surface area contributed by atoms with Crippen molar-refractivity contribution in [1.29, 1.82) is 0 Å². The number of benzene rings is 2. The Labute approximate surface area is 136 Å². The van der Waals surface area contributed by atoms with Gasteiger partial charge in [0.2, 0.25) is 0 Å². The molecule has 0 spiro atoms. The standard InChI is InChI=1S/C19H22FNO2/c1-2-3-14-23-17-10-8-16(9-11-17)19(22)21-13-12-15-6-4-5-7-18(15)20/h4-11H,2-3,12-14H2,1H3,(H,21,22). The lowest BCUT2D eigenvalue weighted by Gasteiger charge is -2.08. The Kier molecular flexibility index (Phi) is 6.60. The molecule has 2 rings (SSSR count). The van der Waals surface area contributed by atoms with E-state index in [0.29, 0.717) is 30.7 Å². The van der Waals surface area contributed by atoms with Crippen LogP contribution >= 0.6 is 0 Å². The van der Waals surface area contributed by atoms with Crippen LogP contribution < -0.4 is 10.1 Å². The molecule has 0 aromatic heterocycles. The zero-order valence-electron chi connectivity index (χ0n) is 13.3. The molecular weight excluding hydrogens is 293 g/mol. The van der Waals surface area contributed by atoms with Gasteiger partial charge in [-0.05, 0) is 48.7 Å². The fourth-order valence-corrected chi connectivity index (χ4v) is 2.15. The van der Waals surface area contributed by atoms with Gasteiger partial charge in [0, 0.05) is 12.1 Å². The van der Waals surface area contributed by atoms with Crippen LogP contribution in [0.25, 0.3) is 0 Å². The fraction of sp³-hybridized carbons (Fsp3) is 0.316. The molecule has 122 valence electrons. The van der Waals surface area contributed by atoms with Gasteiger partial charge in [-0.25, -0.2) is 4.39 Å². The van der Waals surface area contributed by atoms with Gasteiger partial charge >= 0.3 is 0 Å². The summed E-state index contributed by atoms with van der Waals surface area (Å²) in [4.78, 5) is 12.0. The summed E-state index contributed by atoms with van der Waals surface area (Å²) in [6.45, 7) is 3.19. The molecule has 0 heterocycles. The average Bonchev–Trinajstić information content (AvgIpc) is 2.57. The summed E-state index contributed by atoms with van der Waals surface area (Å²) in [6, 6.07) is 13.7. The molecule has 0 saturated heterocycles. The van der Waals surface area contributed by atoms with Crippen molar-refractivity contribution < 1.29 is 13.9 Å². The lowest BCUT2D eigenvalue weighted by atomic mass is 10.1. The van der Waals surface area contributed by atoms with Gasteiger partial charge in [-0.1, -0.05) is 31.5 Å². The Morgan fingerprint density at radius 3 is 2.57 bits per heavy atom. The molecule has 3 nitrogen and oxygen atoms in total. The van der Waals surface area contributed by atoms with E-state index in [0.717, 1.165) is 18.6 Å². The second-order valence-corrected chi connectivity index (χ2v) is 5.32. The number of carbonyl (C=O) groups excluding carboxylic acids is 1. The van der Waals surface area contributed by atoms with E-state index in [4.69, 9.17) is 4.74 Å². The van der Waals surface area contributed by atoms with E-state index in [1.807, 2.05) is 0 Å². The largest absolute Gasteiger partial charge is 0.494 e. The van der Waals surface area contributed by atoms with E-state index in [1.165, 1.54) is 6.07 Å². The number of nitrogens with one attached hydrogen (secondary N) is 1. The maximum Gasteiger partial charge on any atom is 0.251 e. The van der Waals surface area contributed by atoms with Gasteiger partial charge in [0.25, 0.3) is 5.91 Å². The van der Waals surface area contributed by atoms with E-state index < -0.39 is 0 Å². The van der Waals surface area contributed by atoms with Crippen molar-refractivity contribution in [3.63, 3.8) is 0 Å². The normalized spacial score (nSPS) is 10.3. The van der Waals surface area contributed by atoms with Crippen molar-refractivity contribution in [2.45, 2.75) is 26.2 Å². The maximum absolute atomic E-state index is 13.5. The molecule has 2 aromatic rings. The lowest BCUT2D eigenvalue weighted by molar-refractivity contribution is 0.0954. The molecule has 0 radical (unpaired) electrons. The molecule has 0 aliphatic rings. The van der Waals surface area contributed by atoms with E-state index in [9.17, 15) is 9.18 Å². The van der Waals surface area contributed by atoms with Crippen molar-refractivity contribution >= 4 is 5.91 Å². The molecule has 1 amide bonds. The van der Waals surface area contributed by atoms with E-state index >= 15 is 0 Å². The summed E-state index contributed by atoms with van der Waals surface area (Å²) < 4.78 is 19.0. The van der Waals surface area contributed by atoms with Crippen molar-refractivity contribution in [3.8, 4) is 5.75 Å². The summed E-state index contributed by atoms with van der Waals surface area (Å²) in [7, 11) is 0. The fourth-order valence-electron chi connectivity index (χ4n) is 2.15. The summed E-state index contributed by atoms with van der Waals surface area (Å²) in [5.41, 5.74) is 1.17. The van der Waals surface area contributed by atoms with E-state index in [1.54, 1.807) is 42.5 Å². The molecule has 0 atom stereocenters. The number of halogens is 1. The van der Waals surface area contributed by atoms with Crippen LogP contribution in [-0.4, -0.2) is 19.1 Å². The number of carbonyl (C=O) groups is 1. The van der Waals surface area contributed by atoms with Crippen LogP contribution in [0.15, 0.2) is 48.5 Å². The predicted molar refractivity (Wildman–Crippen MR) is 89.3 cm³/mol. The smallest absolute Gasteiger partial charge is 0.251 e. The number of hydrogen-bond donors (Lipinski definition) is 1. The molecule has 0 saturated carbocycles. The number of unbranched alkanes of at least 4 members (excludes halogenated alkanes) is 1. The number of ether oxygens (including phenoxy) is 1. The van der Waals surface area contributed by atoms with Gasteiger partial charge in [-0.3, -0.25) is 4.79 Å². The Balaban J connectivity index is 1.80. The number of amides is 1. The van der Waals surface area contributed by atoms with Crippen molar-refractivity contribution in [2.24, 2.45) is 0 Å². The highest BCUT2D eigenvalue weighted by Gasteiger charge is 2.06. The topological polar surface area (TPSA) is 38.3 Å². The quantitative estimate of drug-likeness (QED) is 0.748. The summed E-state index contributed by atoms with van der Waals surface area (Å²) in [6.07, 6.45) is 2.57. The van der Waals surface area contributed by atoms with Crippen molar-refractivity contribution in [3.05, 3.63) is 65.5 Å². The molecule has 0 aliphatic carbocycles. The Bertz CT molecular complexity index is 626. The minimum absolute atomic E-state index is 0.165. The average molecular weight is 315 g/mol. The van der Waals surface area contributed by atoms with Gasteiger partial charge in [-0.2, -0.15) is 0 Å². The highest BCUT2D eigenvalue weighted by molar-refractivity contribution is 5.94. The molecule has 0 unspecified atom stereocenters. The second-order valence-electron chi connectivity index (χ2n) is 5.32. The van der Waals surface area contributed by atoms with Crippen LogP contribution in [0.4, 0.5) is 4.39 Å². The maximum atomic E-state index is 13.5. The zero-order chi connectivity index (χ0) is 16.5. The predicted octanol–water partition coefficient (Wildman–Crippen LogP) is 3.98. The van der Waals surface area contributed by atoms with Crippen LogP contribution in [0, 0.1) is 5.82 Å². The number of hydrogen-bond acceptors (Lipinski definition) is 2. The van der Waals surface area contributed by atoms with Gasteiger partial charge in [0.1, 0.15) is 11.6 Å². The van der Waals surface area contributed by atoms with Crippen molar-refractivity contribution in [1.82, 2.24) is 5.32 Å². The molecule has 0 aliphatic heterocycles. The molecule has 0 fully saturated rings. The van der Waals surface area contributed by atoms with Crippen LogP contribution in [0.1, 0.15) is 35.7 Å². The first-order chi connectivity index (χ1) is 11.2. The van der Waals surface area contributed by atoms with Gasteiger partial charge in [0.05, 0.1) is 6.61 Å². The first kappa shape index (κ1) is 17.0. The minimum atomic E-state index is -0.240. The molecule has 1 N–H and O–H groups in total. The monoisotopic (exact) mass is 315 g/mol. The summed E-state index contributed by atoms with van der Waals surface area (Å²) in [5.74, 6) is 0.359. The molecule has 4 heteroatoms. The first-order valence-electron chi connectivity index (χ1n) is 7.95. The number of rotatable bonds is 8. The molecule has 2 aromatic carbocycles. The van der Waals surface area contributed by atoms with Gasteiger partial charge < -0.3 is 10.1 Å².